The Balaban J connectivity index is 2.29. The Morgan fingerprint density at radius 1 is 1.75 bits per heavy atom. The van der Waals surface area contributed by atoms with E-state index in [-0.39, 0.29) is 6.04 Å². The number of nitrogens with two attached hydrogens (primary N) is 1. The summed E-state index contributed by atoms with van der Waals surface area (Å²) in [5.74, 6) is 3.10. The van der Waals surface area contributed by atoms with Gasteiger partial charge in [-0.25, -0.2) is 0 Å². The average molecular weight is 187 g/mol. The number of ether oxygens (including phenoxy) is 1. The first-order valence-corrected chi connectivity index (χ1v) is 5.66. The summed E-state index contributed by atoms with van der Waals surface area (Å²) < 4.78 is 5.46. The average Bonchev–Trinajstić information content (AvgIpc) is 2.15. The van der Waals surface area contributed by atoms with Gasteiger partial charge in [0.25, 0.3) is 0 Å². The number of allylic oxidation sites excluding steroid dienone is 1. The van der Waals surface area contributed by atoms with Crippen molar-refractivity contribution in [2.45, 2.75) is 25.8 Å². The molecule has 1 aliphatic rings. The summed E-state index contributed by atoms with van der Waals surface area (Å²) in [5, 5.41) is 0. The quantitative estimate of drug-likeness (QED) is 0.728. The Morgan fingerprint density at radius 3 is 3.17 bits per heavy atom. The normalized spacial score (nSPS) is 19.7. The zero-order valence-electron chi connectivity index (χ0n) is 7.58. The van der Waals surface area contributed by atoms with E-state index in [1.807, 2.05) is 11.8 Å². The molecule has 0 aromatic heterocycles. The lowest BCUT2D eigenvalue weighted by molar-refractivity contribution is 0.179. The van der Waals surface area contributed by atoms with E-state index in [2.05, 4.69) is 13.0 Å². The van der Waals surface area contributed by atoms with Gasteiger partial charge < -0.3 is 10.5 Å². The maximum absolute atomic E-state index is 5.92. The molecule has 0 fully saturated rings. The van der Waals surface area contributed by atoms with Crippen LogP contribution in [-0.2, 0) is 4.74 Å². The molecule has 0 bridgehead atoms. The molecular weight excluding hydrogens is 170 g/mol. The summed E-state index contributed by atoms with van der Waals surface area (Å²) in [4.78, 5) is 0. The van der Waals surface area contributed by atoms with Gasteiger partial charge in [-0.1, -0.05) is 6.92 Å². The van der Waals surface area contributed by atoms with Crippen LogP contribution in [0.15, 0.2) is 11.8 Å². The van der Waals surface area contributed by atoms with Crippen molar-refractivity contribution in [2.75, 3.05) is 18.1 Å². The van der Waals surface area contributed by atoms with E-state index in [1.54, 1.807) is 0 Å². The predicted octanol–water partition coefficient (Wildman–Crippen LogP) is 1.76. The third-order valence-corrected chi connectivity index (χ3v) is 2.83. The van der Waals surface area contributed by atoms with E-state index in [0.717, 1.165) is 36.7 Å². The summed E-state index contributed by atoms with van der Waals surface area (Å²) in [6.45, 7) is 2.99. The lowest BCUT2D eigenvalue weighted by Gasteiger charge is -2.20. The highest BCUT2D eigenvalue weighted by molar-refractivity contribution is 7.99. The van der Waals surface area contributed by atoms with Crippen molar-refractivity contribution in [2.24, 2.45) is 5.73 Å². The largest absolute Gasteiger partial charge is 0.497 e. The minimum absolute atomic E-state index is 0.107. The zero-order valence-corrected chi connectivity index (χ0v) is 8.40. The first-order chi connectivity index (χ1) is 5.84. The summed E-state index contributed by atoms with van der Waals surface area (Å²) in [7, 11) is 0. The Kier molecular flexibility index (Phi) is 4.54. The molecule has 3 heteroatoms. The fourth-order valence-electron chi connectivity index (χ4n) is 1.16. The van der Waals surface area contributed by atoms with Crippen molar-refractivity contribution in [3.63, 3.8) is 0 Å². The molecule has 0 saturated heterocycles. The standard InChI is InChI=1S/C9H17NOS/c1-2-12-7-8(10)9-5-3-4-6-11-9/h5,8H,2-4,6-7,10H2,1H3. The van der Waals surface area contributed by atoms with Gasteiger partial charge >= 0.3 is 0 Å². The minimum atomic E-state index is 0.107. The topological polar surface area (TPSA) is 35.2 Å². The summed E-state index contributed by atoms with van der Waals surface area (Å²) >= 11 is 1.86. The van der Waals surface area contributed by atoms with Crippen LogP contribution in [0.4, 0.5) is 0 Å². The highest BCUT2D eigenvalue weighted by Crippen LogP contribution is 2.15. The van der Waals surface area contributed by atoms with Gasteiger partial charge in [-0.2, -0.15) is 11.8 Å². The second kappa shape index (κ2) is 5.49. The molecule has 0 amide bonds. The second-order valence-corrected chi connectivity index (χ2v) is 4.18. The fourth-order valence-corrected chi connectivity index (χ4v) is 1.82. The molecule has 0 aliphatic carbocycles. The maximum Gasteiger partial charge on any atom is 0.110 e. The molecule has 0 spiro atoms. The lowest BCUT2D eigenvalue weighted by Crippen LogP contribution is -2.28. The third-order valence-electron chi connectivity index (χ3n) is 1.83. The third kappa shape index (κ3) is 3.07. The van der Waals surface area contributed by atoms with Gasteiger partial charge in [0, 0.05) is 5.75 Å². The SMILES string of the molecule is CCSCC(N)C1=CCCCO1. The van der Waals surface area contributed by atoms with Crippen LogP contribution in [0.5, 0.6) is 0 Å². The van der Waals surface area contributed by atoms with Crippen LogP contribution in [0.2, 0.25) is 0 Å². The highest BCUT2D eigenvalue weighted by atomic mass is 32.2. The Morgan fingerprint density at radius 2 is 2.58 bits per heavy atom. The van der Waals surface area contributed by atoms with Crippen molar-refractivity contribution < 1.29 is 4.74 Å². The molecule has 12 heavy (non-hydrogen) atoms. The molecule has 1 rings (SSSR count). The predicted molar refractivity (Wildman–Crippen MR) is 54.2 cm³/mol. The van der Waals surface area contributed by atoms with Crippen molar-refractivity contribution in [1.82, 2.24) is 0 Å². The van der Waals surface area contributed by atoms with E-state index >= 15 is 0 Å². The Bertz CT molecular complexity index is 159. The Labute approximate surface area is 78.5 Å². The van der Waals surface area contributed by atoms with Gasteiger partial charge in [0.2, 0.25) is 0 Å². The lowest BCUT2D eigenvalue weighted by atomic mass is 10.2. The van der Waals surface area contributed by atoms with Gasteiger partial charge in [0.15, 0.2) is 0 Å². The molecule has 2 N–H and O–H groups in total. The molecule has 0 radical (unpaired) electrons. The Hall–Kier alpha value is -0.150. The van der Waals surface area contributed by atoms with Crippen LogP contribution in [0, 0.1) is 0 Å². The van der Waals surface area contributed by atoms with Crippen molar-refractivity contribution in [3.8, 4) is 0 Å². The van der Waals surface area contributed by atoms with Crippen LogP contribution < -0.4 is 5.73 Å². The minimum Gasteiger partial charge on any atom is -0.497 e. The summed E-state index contributed by atoms with van der Waals surface area (Å²) in [5.41, 5.74) is 5.92. The van der Waals surface area contributed by atoms with Crippen molar-refractivity contribution in [1.29, 1.82) is 0 Å². The van der Waals surface area contributed by atoms with E-state index in [9.17, 15) is 0 Å². The first kappa shape index (κ1) is 9.93. The zero-order chi connectivity index (χ0) is 8.81. The van der Waals surface area contributed by atoms with Crippen LogP contribution in [0.1, 0.15) is 19.8 Å². The van der Waals surface area contributed by atoms with E-state index in [4.69, 9.17) is 10.5 Å². The van der Waals surface area contributed by atoms with Crippen LogP contribution in [0.25, 0.3) is 0 Å². The van der Waals surface area contributed by atoms with E-state index < -0.39 is 0 Å². The van der Waals surface area contributed by atoms with E-state index in [1.165, 1.54) is 0 Å². The van der Waals surface area contributed by atoms with Crippen molar-refractivity contribution in [3.05, 3.63) is 11.8 Å². The van der Waals surface area contributed by atoms with Gasteiger partial charge in [0.05, 0.1) is 12.6 Å². The van der Waals surface area contributed by atoms with Crippen LogP contribution in [0.3, 0.4) is 0 Å². The fraction of sp³-hybridized carbons (Fsp3) is 0.778. The molecule has 0 aromatic carbocycles. The molecule has 1 aliphatic heterocycles. The smallest absolute Gasteiger partial charge is 0.110 e. The molecule has 70 valence electrons. The van der Waals surface area contributed by atoms with Gasteiger partial charge in [-0.3, -0.25) is 0 Å². The molecule has 1 heterocycles. The number of rotatable bonds is 4. The second-order valence-electron chi connectivity index (χ2n) is 2.86. The molecule has 2 nitrogen and oxygen atoms in total. The highest BCUT2D eigenvalue weighted by Gasteiger charge is 2.12. The molecule has 1 unspecified atom stereocenters. The molecular formula is C9H17NOS. The molecule has 0 saturated carbocycles. The van der Waals surface area contributed by atoms with Gasteiger partial charge in [-0.15, -0.1) is 0 Å². The van der Waals surface area contributed by atoms with E-state index in [0.29, 0.717) is 0 Å². The summed E-state index contributed by atoms with van der Waals surface area (Å²) in [6.07, 6.45) is 4.39. The number of hydrogen-bond donors (Lipinski definition) is 1. The number of hydrogen-bond acceptors (Lipinski definition) is 3. The monoisotopic (exact) mass is 187 g/mol. The van der Waals surface area contributed by atoms with Gasteiger partial charge in [-0.05, 0) is 24.7 Å². The molecule has 1 atom stereocenters. The van der Waals surface area contributed by atoms with Crippen LogP contribution in [-0.4, -0.2) is 24.2 Å². The van der Waals surface area contributed by atoms with Crippen molar-refractivity contribution >= 4 is 11.8 Å². The van der Waals surface area contributed by atoms with Gasteiger partial charge in [0.1, 0.15) is 5.76 Å². The maximum atomic E-state index is 5.92. The molecule has 0 aromatic rings. The number of thioether (sulfide) groups is 1. The van der Waals surface area contributed by atoms with Crippen LogP contribution >= 0.6 is 11.8 Å². The first-order valence-electron chi connectivity index (χ1n) is 4.50. The summed E-state index contributed by atoms with van der Waals surface area (Å²) in [6, 6.07) is 0.107.